The van der Waals surface area contributed by atoms with Crippen LogP contribution in [-0.4, -0.2) is 31.2 Å². The van der Waals surface area contributed by atoms with Crippen LogP contribution in [0.3, 0.4) is 0 Å². The number of rotatable bonds is 8. The number of hydrogen-bond acceptors (Lipinski definition) is 5. The van der Waals surface area contributed by atoms with Crippen LogP contribution in [0, 0.1) is 0 Å². The second kappa shape index (κ2) is 9.68. The largest absolute Gasteiger partial charge is 0.490 e. The summed E-state index contributed by atoms with van der Waals surface area (Å²) in [7, 11) is 0. The van der Waals surface area contributed by atoms with E-state index in [0.717, 1.165) is 0 Å². The molecule has 1 amide bonds. The standard InChI is InChI=1S/C20H21F2NO5/c1-4-26-17-11-14(7-10-16(17)28-20(21)22)18(24)23-15-8-5-13(6-9-15)19(25)27-12(2)3/h5-12,20H,4H2,1-3H3,(H,23,24). The van der Waals surface area contributed by atoms with Crippen molar-refractivity contribution in [2.75, 3.05) is 11.9 Å². The molecule has 0 saturated heterocycles. The number of esters is 1. The molecule has 0 unspecified atom stereocenters. The normalized spacial score (nSPS) is 10.7. The van der Waals surface area contributed by atoms with Gasteiger partial charge in [-0.15, -0.1) is 0 Å². The molecular weight excluding hydrogens is 372 g/mol. The van der Waals surface area contributed by atoms with Gasteiger partial charge in [0, 0.05) is 11.3 Å². The van der Waals surface area contributed by atoms with E-state index in [1.165, 1.54) is 30.3 Å². The topological polar surface area (TPSA) is 73.9 Å². The third kappa shape index (κ3) is 5.94. The van der Waals surface area contributed by atoms with Gasteiger partial charge in [-0.25, -0.2) is 4.79 Å². The Morgan fingerprint density at radius 1 is 1.00 bits per heavy atom. The fraction of sp³-hybridized carbons (Fsp3) is 0.300. The summed E-state index contributed by atoms with van der Waals surface area (Å²) in [5.41, 5.74) is 1.02. The first-order chi connectivity index (χ1) is 13.3. The first-order valence-corrected chi connectivity index (χ1v) is 8.64. The van der Waals surface area contributed by atoms with Crippen LogP contribution in [0.4, 0.5) is 14.5 Å². The van der Waals surface area contributed by atoms with Crippen LogP contribution in [0.25, 0.3) is 0 Å². The summed E-state index contributed by atoms with van der Waals surface area (Å²) in [5, 5.41) is 2.66. The van der Waals surface area contributed by atoms with Gasteiger partial charge in [0.2, 0.25) is 0 Å². The van der Waals surface area contributed by atoms with Gasteiger partial charge >= 0.3 is 12.6 Å². The van der Waals surface area contributed by atoms with Gasteiger partial charge in [0.15, 0.2) is 11.5 Å². The predicted molar refractivity (Wildman–Crippen MR) is 99.2 cm³/mol. The van der Waals surface area contributed by atoms with E-state index in [1.54, 1.807) is 32.9 Å². The van der Waals surface area contributed by atoms with Crippen LogP contribution in [0.15, 0.2) is 42.5 Å². The predicted octanol–water partition coefficient (Wildman–Crippen LogP) is 4.50. The van der Waals surface area contributed by atoms with Crippen molar-refractivity contribution in [2.45, 2.75) is 33.5 Å². The molecule has 1 N–H and O–H groups in total. The Hall–Kier alpha value is -3.16. The van der Waals surface area contributed by atoms with E-state index in [9.17, 15) is 18.4 Å². The summed E-state index contributed by atoms with van der Waals surface area (Å²) in [6.45, 7) is 2.41. The van der Waals surface area contributed by atoms with E-state index >= 15 is 0 Å². The minimum atomic E-state index is -3.00. The van der Waals surface area contributed by atoms with Gasteiger partial charge in [-0.1, -0.05) is 0 Å². The van der Waals surface area contributed by atoms with E-state index in [4.69, 9.17) is 9.47 Å². The van der Waals surface area contributed by atoms with Crippen LogP contribution < -0.4 is 14.8 Å². The molecule has 0 bridgehead atoms. The first-order valence-electron chi connectivity index (χ1n) is 8.64. The Balaban J connectivity index is 2.11. The Bertz CT molecular complexity index is 822. The molecule has 0 atom stereocenters. The number of halogens is 2. The number of anilines is 1. The Labute approximate surface area is 161 Å². The van der Waals surface area contributed by atoms with E-state index < -0.39 is 18.5 Å². The summed E-state index contributed by atoms with van der Waals surface area (Å²) in [6.07, 6.45) is -0.233. The average Bonchev–Trinajstić information content (AvgIpc) is 2.63. The Morgan fingerprint density at radius 3 is 2.21 bits per heavy atom. The molecule has 0 aromatic heterocycles. The molecule has 28 heavy (non-hydrogen) atoms. The maximum Gasteiger partial charge on any atom is 0.387 e. The summed E-state index contributed by atoms with van der Waals surface area (Å²) in [5.74, 6) is -1.03. The van der Waals surface area contributed by atoms with Crippen molar-refractivity contribution in [1.29, 1.82) is 0 Å². The van der Waals surface area contributed by atoms with Crippen molar-refractivity contribution in [3.05, 3.63) is 53.6 Å². The van der Waals surface area contributed by atoms with Crippen LogP contribution in [-0.2, 0) is 4.74 Å². The van der Waals surface area contributed by atoms with Crippen LogP contribution in [0.2, 0.25) is 0 Å². The fourth-order valence-corrected chi connectivity index (χ4v) is 2.29. The van der Waals surface area contributed by atoms with Crippen molar-refractivity contribution in [2.24, 2.45) is 0 Å². The molecular formula is C20H21F2NO5. The third-order valence-corrected chi connectivity index (χ3v) is 3.44. The zero-order valence-corrected chi connectivity index (χ0v) is 15.7. The third-order valence-electron chi connectivity index (χ3n) is 3.44. The molecule has 0 radical (unpaired) electrons. The first kappa shape index (κ1) is 21.1. The highest BCUT2D eigenvalue weighted by Crippen LogP contribution is 2.30. The molecule has 8 heteroatoms. The number of carbonyl (C=O) groups excluding carboxylic acids is 2. The lowest BCUT2D eigenvalue weighted by Crippen LogP contribution is -2.14. The maximum atomic E-state index is 12.5. The number of hydrogen-bond donors (Lipinski definition) is 1. The number of carbonyl (C=O) groups is 2. The fourth-order valence-electron chi connectivity index (χ4n) is 2.29. The summed E-state index contributed by atoms with van der Waals surface area (Å²) < 4.78 is 39.7. The average molecular weight is 393 g/mol. The molecule has 2 aromatic carbocycles. The van der Waals surface area contributed by atoms with Crippen molar-refractivity contribution in [3.63, 3.8) is 0 Å². The summed E-state index contributed by atoms with van der Waals surface area (Å²) in [6, 6.07) is 10.1. The van der Waals surface area contributed by atoms with Crippen molar-refractivity contribution in [1.82, 2.24) is 0 Å². The number of amides is 1. The lowest BCUT2D eigenvalue weighted by molar-refractivity contribution is -0.0514. The van der Waals surface area contributed by atoms with Crippen LogP contribution in [0.1, 0.15) is 41.5 Å². The second-order valence-electron chi connectivity index (χ2n) is 5.96. The number of alkyl halides is 2. The van der Waals surface area contributed by atoms with E-state index in [1.807, 2.05) is 0 Å². The monoisotopic (exact) mass is 393 g/mol. The minimum Gasteiger partial charge on any atom is -0.490 e. The van der Waals surface area contributed by atoms with Gasteiger partial charge < -0.3 is 19.5 Å². The summed E-state index contributed by atoms with van der Waals surface area (Å²) in [4.78, 5) is 24.2. The molecule has 0 aliphatic carbocycles. The summed E-state index contributed by atoms with van der Waals surface area (Å²) >= 11 is 0. The molecule has 0 saturated carbocycles. The Morgan fingerprint density at radius 2 is 1.64 bits per heavy atom. The van der Waals surface area contributed by atoms with Crippen molar-refractivity contribution >= 4 is 17.6 Å². The molecule has 0 aliphatic rings. The Kier molecular flexibility index (Phi) is 7.31. The molecule has 0 spiro atoms. The zero-order chi connectivity index (χ0) is 20.7. The second-order valence-corrected chi connectivity index (χ2v) is 5.96. The van der Waals surface area contributed by atoms with Gasteiger partial charge in [-0.05, 0) is 63.2 Å². The highest BCUT2D eigenvalue weighted by atomic mass is 19.3. The quantitative estimate of drug-likeness (QED) is 0.669. The van der Waals surface area contributed by atoms with Gasteiger partial charge in [-0.3, -0.25) is 4.79 Å². The SMILES string of the molecule is CCOc1cc(C(=O)Nc2ccc(C(=O)OC(C)C)cc2)ccc1OC(F)F. The molecule has 2 rings (SSSR count). The van der Waals surface area contributed by atoms with Crippen molar-refractivity contribution < 1.29 is 32.6 Å². The lowest BCUT2D eigenvalue weighted by atomic mass is 10.1. The number of benzene rings is 2. The van der Waals surface area contributed by atoms with Crippen molar-refractivity contribution in [3.8, 4) is 11.5 Å². The van der Waals surface area contributed by atoms with Crippen LogP contribution >= 0.6 is 0 Å². The molecule has 150 valence electrons. The lowest BCUT2D eigenvalue weighted by Gasteiger charge is -2.13. The van der Waals surface area contributed by atoms with Gasteiger partial charge in [0.1, 0.15) is 0 Å². The van der Waals surface area contributed by atoms with Crippen LogP contribution in [0.5, 0.6) is 11.5 Å². The maximum absolute atomic E-state index is 12.5. The number of nitrogens with one attached hydrogen (secondary N) is 1. The molecule has 0 aliphatic heterocycles. The molecule has 2 aromatic rings. The minimum absolute atomic E-state index is 0.0437. The highest BCUT2D eigenvalue weighted by molar-refractivity contribution is 6.04. The van der Waals surface area contributed by atoms with E-state index in [2.05, 4.69) is 10.1 Å². The van der Waals surface area contributed by atoms with Gasteiger partial charge in [0.25, 0.3) is 5.91 Å². The smallest absolute Gasteiger partial charge is 0.387 e. The highest BCUT2D eigenvalue weighted by Gasteiger charge is 2.15. The zero-order valence-electron chi connectivity index (χ0n) is 15.7. The van der Waals surface area contributed by atoms with Gasteiger partial charge in [-0.2, -0.15) is 8.78 Å². The molecule has 0 fully saturated rings. The van der Waals surface area contributed by atoms with E-state index in [0.29, 0.717) is 11.3 Å². The molecule has 0 heterocycles. The van der Waals surface area contributed by atoms with E-state index in [-0.39, 0.29) is 29.8 Å². The van der Waals surface area contributed by atoms with Gasteiger partial charge in [0.05, 0.1) is 18.3 Å². The number of ether oxygens (including phenoxy) is 3. The molecule has 6 nitrogen and oxygen atoms in total.